The SMILES string of the molecule is CC(C)C(NC(=O)OC(C)(C)C)C(=O)NCCNc1nsc2ccccc12. The van der Waals surface area contributed by atoms with Crippen LogP contribution in [-0.2, 0) is 9.53 Å². The zero-order valence-electron chi connectivity index (χ0n) is 16.5. The summed E-state index contributed by atoms with van der Waals surface area (Å²) in [5.74, 6) is 0.519. The summed E-state index contributed by atoms with van der Waals surface area (Å²) in [6, 6.07) is 7.34. The molecule has 1 heterocycles. The number of carbonyl (C=O) groups is 2. The molecule has 8 heteroatoms. The lowest BCUT2D eigenvalue weighted by Gasteiger charge is -2.25. The lowest BCUT2D eigenvalue weighted by molar-refractivity contribution is -0.124. The van der Waals surface area contributed by atoms with Crippen LogP contribution >= 0.6 is 11.5 Å². The lowest BCUT2D eigenvalue weighted by Crippen LogP contribution is -2.51. The zero-order valence-corrected chi connectivity index (χ0v) is 17.3. The third-order valence-electron chi connectivity index (χ3n) is 3.72. The highest BCUT2D eigenvalue weighted by Crippen LogP contribution is 2.25. The Balaban J connectivity index is 1.82. The second-order valence-corrected chi connectivity index (χ2v) is 8.42. The van der Waals surface area contributed by atoms with Crippen molar-refractivity contribution in [2.75, 3.05) is 18.4 Å². The highest BCUT2D eigenvalue weighted by Gasteiger charge is 2.26. The van der Waals surface area contributed by atoms with Gasteiger partial charge in [0.05, 0.1) is 4.70 Å². The molecule has 0 aliphatic heterocycles. The molecule has 2 rings (SSSR count). The molecule has 7 nitrogen and oxygen atoms in total. The molecule has 148 valence electrons. The number of amides is 2. The minimum Gasteiger partial charge on any atom is -0.444 e. The van der Waals surface area contributed by atoms with Crippen molar-refractivity contribution >= 4 is 39.4 Å². The van der Waals surface area contributed by atoms with Crippen molar-refractivity contribution < 1.29 is 14.3 Å². The van der Waals surface area contributed by atoms with Crippen LogP contribution in [0, 0.1) is 5.92 Å². The van der Waals surface area contributed by atoms with E-state index in [2.05, 4.69) is 20.3 Å². The average molecular weight is 393 g/mol. The minimum absolute atomic E-state index is 0.0621. The maximum atomic E-state index is 12.4. The van der Waals surface area contributed by atoms with Crippen LogP contribution in [0.2, 0.25) is 0 Å². The monoisotopic (exact) mass is 392 g/mol. The fourth-order valence-electron chi connectivity index (χ4n) is 2.46. The zero-order chi connectivity index (χ0) is 20.0. The maximum Gasteiger partial charge on any atom is 0.408 e. The van der Waals surface area contributed by atoms with Gasteiger partial charge in [0.1, 0.15) is 17.5 Å². The average Bonchev–Trinajstić information content (AvgIpc) is 2.98. The smallest absolute Gasteiger partial charge is 0.408 e. The number of carbonyl (C=O) groups excluding carboxylic acids is 2. The summed E-state index contributed by atoms with van der Waals surface area (Å²) in [6.07, 6.45) is -0.594. The normalized spacial score (nSPS) is 12.7. The molecule has 0 aliphatic carbocycles. The van der Waals surface area contributed by atoms with E-state index in [4.69, 9.17) is 4.74 Å². The summed E-state index contributed by atoms with van der Waals surface area (Å²) in [7, 11) is 0. The summed E-state index contributed by atoms with van der Waals surface area (Å²) in [5.41, 5.74) is -0.609. The summed E-state index contributed by atoms with van der Waals surface area (Å²) < 4.78 is 10.7. The molecule has 0 saturated heterocycles. The van der Waals surface area contributed by atoms with Gasteiger partial charge in [-0.3, -0.25) is 4.79 Å². The number of benzene rings is 1. The van der Waals surface area contributed by atoms with Crippen molar-refractivity contribution in [2.45, 2.75) is 46.3 Å². The highest BCUT2D eigenvalue weighted by atomic mass is 32.1. The van der Waals surface area contributed by atoms with E-state index >= 15 is 0 Å². The summed E-state index contributed by atoms with van der Waals surface area (Å²) in [6.45, 7) is 10.1. The van der Waals surface area contributed by atoms with Gasteiger partial charge in [-0.25, -0.2) is 4.79 Å². The number of nitrogens with one attached hydrogen (secondary N) is 3. The van der Waals surface area contributed by atoms with Gasteiger partial charge < -0.3 is 20.7 Å². The van der Waals surface area contributed by atoms with Gasteiger partial charge in [-0.2, -0.15) is 4.37 Å². The number of anilines is 1. The molecule has 1 atom stereocenters. The van der Waals surface area contributed by atoms with Crippen LogP contribution < -0.4 is 16.0 Å². The van der Waals surface area contributed by atoms with Crippen molar-refractivity contribution in [1.82, 2.24) is 15.0 Å². The number of ether oxygens (including phenoxy) is 1. The van der Waals surface area contributed by atoms with E-state index in [-0.39, 0.29) is 11.8 Å². The molecule has 0 radical (unpaired) electrons. The topological polar surface area (TPSA) is 92.3 Å². The molecule has 2 aromatic rings. The Bertz CT molecular complexity index is 783. The summed E-state index contributed by atoms with van der Waals surface area (Å²) in [4.78, 5) is 24.4. The van der Waals surface area contributed by atoms with Gasteiger partial charge >= 0.3 is 6.09 Å². The molecule has 1 aromatic carbocycles. The third kappa shape index (κ3) is 6.39. The first-order valence-corrected chi connectivity index (χ1v) is 9.80. The van der Waals surface area contributed by atoms with Gasteiger partial charge in [-0.05, 0) is 50.4 Å². The summed E-state index contributed by atoms with van der Waals surface area (Å²) >= 11 is 1.44. The molecular formula is C19H28N4O3S. The molecule has 1 unspecified atom stereocenters. The molecule has 0 bridgehead atoms. The number of fused-ring (bicyclic) bond motifs is 1. The number of hydrogen-bond acceptors (Lipinski definition) is 6. The number of nitrogens with zero attached hydrogens (tertiary/aromatic N) is 1. The van der Waals surface area contributed by atoms with E-state index in [9.17, 15) is 9.59 Å². The second kappa shape index (κ2) is 9.03. The maximum absolute atomic E-state index is 12.4. The Morgan fingerprint density at radius 1 is 1.19 bits per heavy atom. The first-order chi connectivity index (χ1) is 12.7. The Labute approximate surface area is 164 Å². The molecule has 1 aromatic heterocycles. The van der Waals surface area contributed by atoms with E-state index in [1.54, 1.807) is 20.8 Å². The van der Waals surface area contributed by atoms with E-state index < -0.39 is 17.7 Å². The lowest BCUT2D eigenvalue weighted by atomic mass is 10.0. The number of rotatable bonds is 7. The van der Waals surface area contributed by atoms with E-state index in [0.717, 1.165) is 15.9 Å². The summed E-state index contributed by atoms with van der Waals surface area (Å²) in [5, 5.41) is 9.80. The van der Waals surface area contributed by atoms with Gasteiger partial charge in [0.15, 0.2) is 0 Å². The predicted octanol–water partition coefficient (Wildman–Crippen LogP) is 3.37. The molecule has 0 spiro atoms. The van der Waals surface area contributed by atoms with Crippen LogP contribution in [0.1, 0.15) is 34.6 Å². The number of hydrogen-bond donors (Lipinski definition) is 3. The van der Waals surface area contributed by atoms with Crippen LogP contribution in [0.3, 0.4) is 0 Å². The number of alkyl carbamates (subject to hydrolysis) is 1. The standard InChI is InChI=1S/C19H28N4O3S/c1-12(2)15(22-18(25)26-19(3,4)5)17(24)21-11-10-20-16-13-8-6-7-9-14(13)27-23-16/h6-9,12,15H,10-11H2,1-5H3,(H,20,23)(H,21,24)(H,22,25). The van der Waals surface area contributed by atoms with Crippen molar-refractivity contribution in [3.8, 4) is 0 Å². The van der Waals surface area contributed by atoms with E-state index in [0.29, 0.717) is 13.1 Å². The Morgan fingerprint density at radius 2 is 1.89 bits per heavy atom. The second-order valence-electron chi connectivity index (χ2n) is 7.61. The Kier molecular flexibility index (Phi) is 7.01. The van der Waals surface area contributed by atoms with Crippen LogP contribution in [0.5, 0.6) is 0 Å². The number of aromatic nitrogens is 1. The van der Waals surface area contributed by atoms with Gasteiger partial charge in [-0.15, -0.1) is 0 Å². The molecule has 0 fully saturated rings. The van der Waals surface area contributed by atoms with Gasteiger partial charge in [-0.1, -0.05) is 26.0 Å². The fourth-order valence-corrected chi connectivity index (χ4v) is 3.21. The third-order valence-corrected chi connectivity index (χ3v) is 4.54. The van der Waals surface area contributed by atoms with Crippen LogP contribution in [0.25, 0.3) is 10.1 Å². The molecular weight excluding hydrogens is 364 g/mol. The molecule has 2 amide bonds. The van der Waals surface area contributed by atoms with Crippen LogP contribution in [0.15, 0.2) is 24.3 Å². The van der Waals surface area contributed by atoms with Crippen molar-refractivity contribution in [1.29, 1.82) is 0 Å². The van der Waals surface area contributed by atoms with E-state index in [1.807, 2.05) is 38.1 Å². The van der Waals surface area contributed by atoms with Crippen molar-refractivity contribution in [3.05, 3.63) is 24.3 Å². The highest BCUT2D eigenvalue weighted by molar-refractivity contribution is 7.13. The van der Waals surface area contributed by atoms with Crippen molar-refractivity contribution in [3.63, 3.8) is 0 Å². The van der Waals surface area contributed by atoms with Crippen molar-refractivity contribution in [2.24, 2.45) is 5.92 Å². The first-order valence-electron chi connectivity index (χ1n) is 9.03. The van der Waals surface area contributed by atoms with Gasteiger partial charge in [0.2, 0.25) is 5.91 Å². The Hall–Kier alpha value is -2.35. The fraction of sp³-hybridized carbons (Fsp3) is 0.526. The van der Waals surface area contributed by atoms with Crippen LogP contribution in [0.4, 0.5) is 10.6 Å². The Morgan fingerprint density at radius 3 is 2.56 bits per heavy atom. The minimum atomic E-state index is -0.653. The molecule has 27 heavy (non-hydrogen) atoms. The van der Waals surface area contributed by atoms with E-state index in [1.165, 1.54) is 11.5 Å². The largest absolute Gasteiger partial charge is 0.444 e. The molecule has 0 aliphatic rings. The quantitative estimate of drug-likeness (QED) is 0.628. The molecule has 0 saturated carbocycles. The van der Waals surface area contributed by atoms with Gasteiger partial charge in [0.25, 0.3) is 0 Å². The first kappa shape index (κ1) is 21.0. The van der Waals surface area contributed by atoms with Crippen LogP contribution in [-0.4, -0.2) is 41.1 Å². The predicted molar refractivity (Wildman–Crippen MR) is 109 cm³/mol. The molecule has 3 N–H and O–H groups in total. The van der Waals surface area contributed by atoms with Gasteiger partial charge in [0, 0.05) is 18.5 Å².